The van der Waals surface area contributed by atoms with E-state index in [2.05, 4.69) is 55.1 Å². The van der Waals surface area contributed by atoms with E-state index >= 15 is 0 Å². The van der Waals surface area contributed by atoms with Crippen molar-refractivity contribution in [1.82, 2.24) is 0 Å². The van der Waals surface area contributed by atoms with E-state index in [0.717, 1.165) is 20.7 Å². The predicted octanol–water partition coefficient (Wildman–Crippen LogP) is 1.43. The molecule has 4 nitrogen and oxygen atoms in total. The highest BCUT2D eigenvalue weighted by Gasteiger charge is 2.45. The summed E-state index contributed by atoms with van der Waals surface area (Å²) >= 11 is 0. The molecule has 8 heteroatoms. The lowest BCUT2D eigenvalue weighted by Crippen LogP contribution is -2.66. The molecule has 33 heavy (non-hydrogen) atoms. The topological polar surface area (TPSA) is 36.9 Å². The average Bonchev–Trinajstić information content (AvgIpc) is 2.88. The van der Waals surface area contributed by atoms with Crippen LogP contribution in [0.5, 0.6) is 0 Å². The van der Waals surface area contributed by atoms with Gasteiger partial charge in [0, 0.05) is 0 Å². The molecule has 0 N–H and O–H groups in total. The van der Waals surface area contributed by atoms with Crippen LogP contribution in [0.3, 0.4) is 0 Å². The molecule has 1 fully saturated rings. The summed E-state index contributed by atoms with van der Waals surface area (Å²) in [5.74, 6) is 0. The van der Waals surface area contributed by atoms with Crippen LogP contribution in [-0.2, 0) is 16.5 Å². The summed E-state index contributed by atoms with van der Waals surface area (Å²) in [5, 5.41) is 4.41. The fraction of sp³-hybridized carbons (Fsp3) is 0.0400. The van der Waals surface area contributed by atoms with Crippen molar-refractivity contribution in [3.63, 3.8) is 0 Å². The molecular formula is C25H26O4Si4. The Bertz CT molecular complexity index is 1100. The Morgan fingerprint density at radius 1 is 0.455 bits per heavy atom. The van der Waals surface area contributed by atoms with Crippen LogP contribution in [0.2, 0.25) is 6.55 Å². The highest BCUT2D eigenvalue weighted by molar-refractivity contribution is 6.94. The van der Waals surface area contributed by atoms with Gasteiger partial charge in [0.1, 0.15) is 0 Å². The minimum absolute atomic E-state index is 1.10. The van der Waals surface area contributed by atoms with Gasteiger partial charge in [0.25, 0.3) is 0 Å². The molecule has 0 amide bonds. The van der Waals surface area contributed by atoms with Gasteiger partial charge in [-0.2, -0.15) is 0 Å². The molecule has 1 aliphatic rings. The van der Waals surface area contributed by atoms with Gasteiger partial charge in [-0.1, -0.05) is 121 Å². The summed E-state index contributed by atoms with van der Waals surface area (Å²) in [6.45, 7) is 2.13. The van der Waals surface area contributed by atoms with E-state index in [0.29, 0.717) is 0 Å². The van der Waals surface area contributed by atoms with Gasteiger partial charge in [-0.3, -0.25) is 0 Å². The van der Waals surface area contributed by atoms with Gasteiger partial charge in [0.15, 0.2) is 0 Å². The molecule has 4 aromatic carbocycles. The second-order valence-electron chi connectivity index (χ2n) is 8.05. The van der Waals surface area contributed by atoms with Gasteiger partial charge >= 0.3 is 36.4 Å². The second kappa shape index (κ2) is 10.2. The van der Waals surface area contributed by atoms with Crippen LogP contribution in [0.15, 0.2) is 121 Å². The first-order chi connectivity index (χ1) is 16.2. The van der Waals surface area contributed by atoms with Crippen LogP contribution in [-0.4, -0.2) is 36.4 Å². The summed E-state index contributed by atoms with van der Waals surface area (Å²) in [6.07, 6.45) is 0. The highest BCUT2D eigenvalue weighted by atomic mass is 28.5. The van der Waals surface area contributed by atoms with Crippen molar-refractivity contribution in [3.05, 3.63) is 121 Å². The molecule has 4 aromatic rings. The van der Waals surface area contributed by atoms with Crippen molar-refractivity contribution in [2.24, 2.45) is 0 Å². The lowest BCUT2D eigenvalue weighted by atomic mass is 10.4. The van der Waals surface area contributed by atoms with Crippen molar-refractivity contribution in [3.8, 4) is 0 Å². The Morgan fingerprint density at radius 2 is 0.788 bits per heavy atom. The molecule has 0 aliphatic carbocycles. The number of hydrogen-bond donors (Lipinski definition) is 0. The quantitative estimate of drug-likeness (QED) is 0.396. The fourth-order valence-electron chi connectivity index (χ4n) is 3.91. The number of benzene rings is 4. The molecule has 1 saturated heterocycles. The molecule has 1 aliphatic heterocycles. The Morgan fingerprint density at radius 3 is 1.18 bits per heavy atom. The van der Waals surface area contributed by atoms with Gasteiger partial charge in [-0.15, -0.1) is 0 Å². The zero-order chi connectivity index (χ0) is 22.5. The van der Waals surface area contributed by atoms with E-state index in [-0.39, 0.29) is 0 Å². The van der Waals surface area contributed by atoms with E-state index in [1.165, 1.54) is 0 Å². The van der Waals surface area contributed by atoms with Crippen molar-refractivity contribution in [2.45, 2.75) is 6.55 Å². The Balaban J connectivity index is 1.59. The van der Waals surface area contributed by atoms with Crippen LogP contribution < -0.4 is 20.7 Å². The van der Waals surface area contributed by atoms with Crippen molar-refractivity contribution in [1.29, 1.82) is 0 Å². The third-order valence-electron chi connectivity index (χ3n) is 5.67. The monoisotopic (exact) mass is 502 g/mol. The Kier molecular flexibility index (Phi) is 6.95. The van der Waals surface area contributed by atoms with Gasteiger partial charge in [-0.05, 0) is 27.3 Å². The largest absolute Gasteiger partial charge is 0.413 e. The third kappa shape index (κ3) is 5.23. The van der Waals surface area contributed by atoms with Crippen molar-refractivity contribution >= 4 is 57.2 Å². The maximum absolute atomic E-state index is 6.98. The van der Waals surface area contributed by atoms with Crippen molar-refractivity contribution < 1.29 is 16.5 Å². The molecular weight excluding hydrogens is 477 g/mol. The third-order valence-corrected chi connectivity index (χ3v) is 19.1. The van der Waals surface area contributed by atoms with Crippen LogP contribution in [0, 0.1) is 0 Å². The fourth-order valence-corrected chi connectivity index (χ4v) is 19.1. The summed E-state index contributed by atoms with van der Waals surface area (Å²) in [6, 6.07) is 41.2. The predicted molar refractivity (Wildman–Crippen MR) is 142 cm³/mol. The van der Waals surface area contributed by atoms with E-state index in [1.54, 1.807) is 0 Å². The summed E-state index contributed by atoms with van der Waals surface area (Å²) in [4.78, 5) is 0. The molecule has 2 atom stereocenters. The maximum Gasteiger partial charge on any atom is 0.351 e. The molecule has 2 unspecified atom stereocenters. The SMILES string of the molecule is C[Si]1(c2ccccc2)O[SiH](c2ccccc2)O[SiH](c2ccccc2)O[SiH](c2ccccc2)O1. The van der Waals surface area contributed by atoms with Gasteiger partial charge in [0.05, 0.1) is 0 Å². The molecule has 0 spiro atoms. The first-order valence-corrected chi connectivity index (χ1v) is 18.0. The van der Waals surface area contributed by atoms with Gasteiger partial charge < -0.3 is 16.5 Å². The smallest absolute Gasteiger partial charge is 0.351 e. The molecule has 166 valence electrons. The highest BCUT2D eigenvalue weighted by Crippen LogP contribution is 2.17. The zero-order valence-corrected chi connectivity index (χ0v) is 22.9. The minimum atomic E-state index is -2.82. The molecule has 0 bridgehead atoms. The lowest BCUT2D eigenvalue weighted by Gasteiger charge is -2.39. The first kappa shape index (κ1) is 22.4. The zero-order valence-electron chi connectivity index (χ0n) is 18.4. The molecule has 0 saturated carbocycles. The van der Waals surface area contributed by atoms with Gasteiger partial charge in [-0.25, -0.2) is 0 Å². The van der Waals surface area contributed by atoms with Crippen LogP contribution in [0.1, 0.15) is 0 Å². The van der Waals surface area contributed by atoms with E-state index < -0.39 is 36.4 Å². The first-order valence-electron chi connectivity index (χ1n) is 11.1. The summed E-state index contributed by atoms with van der Waals surface area (Å²) in [5.41, 5.74) is 0. The Labute approximate surface area is 201 Å². The molecule has 0 radical (unpaired) electrons. The maximum atomic E-state index is 6.98. The summed E-state index contributed by atoms with van der Waals surface area (Å²) < 4.78 is 27.7. The van der Waals surface area contributed by atoms with Gasteiger partial charge in [0.2, 0.25) is 0 Å². The summed E-state index contributed by atoms with van der Waals surface area (Å²) in [7, 11) is -9.70. The minimum Gasteiger partial charge on any atom is -0.413 e. The van der Waals surface area contributed by atoms with Crippen LogP contribution >= 0.6 is 0 Å². The number of rotatable bonds is 4. The van der Waals surface area contributed by atoms with E-state index in [9.17, 15) is 0 Å². The average molecular weight is 503 g/mol. The lowest BCUT2D eigenvalue weighted by molar-refractivity contribution is 0.294. The van der Waals surface area contributed by atoms with Crippen molar-refractivity contribution in [2.75, 3.05) is 0 Å². The van der Waals surface area contributed by atoms with E-state index in [4.69, 9.17) is 16.5 Å². The van der Waals surface area contributed by atoms with E-state index in [1.807, 2.05) is 72.8 Å². The second-order valence-corrected chi connectivity index (χ2v) is 18.6. The standard InChI is InChI=1S/C25H26O4Si4/c1-33(25-20-12-5-13-21-25)28-31(23-16-8-3-9-17-23)26-30(22-14-6-2-7-15-22)27-32(29-33)24-18-10-4-11-19-24/h2-21,30-32H,1H3. The van der Waals surface area contributed by atoms with Crippen LogP contribution in [0.4, 0.5) is 0 Å². The van der Waals surface area contributed by atoms with Crippen LogP contribution in [0.25, 0.3) is 0 Å². The molecule has 0 aromatic heterocycles. The number of hydrogen-bond acceptors (Lipinski definition) is 4. The molecule has 1 heterocycles. The normalized spacial score (nSPS) is 25.7. The Hall–Kier alpha value is -2.41. The molecule has 5 rings (SSSR count).